The van der Waals surface area contributed by atoms with Crippen molar-refractivity contribution in [1.82, 2.24) is 0 Å². The summed E-state index contributed by atoms with van der Waals surface area (Å²) in [6.45, 7) is 4.97. The fourth-order valence-corrected chi connectivity index (χ4v) is 1.46. The van der Waals surface area contributed by atoms with Gasteiger partial charge in [0.25, 0.3) is 0 Å². The van der Waals surface area contributed by atoms with E-state index in [1.165, 1.54) is 14.0 Å². The largest absolute Gasteiger partial charge is 0.469 e. The maximum atomic E-state index is 10.9. The molecule has 1 unspecified atom stereocenters. The number of carbonyl (C=O) groups excluding carboxylic acids is 4. The van der Waals surface area contributed by atoms with E-state index >= 15 is 0 Å². The zero-order chi connectivity index (χ0) is 19.2. The molecule has 24 heavy (non-hydrogen) atoms. The number of methoxy groups -OCH3 is 3. The lowest BCUT2D eigenvalue weighted by molar-refractivity contribution is -0.199. The monoisotopic (exact) mass is 348 g/mol. The summed E-state index contributed by atoms with van der Waals surface area (Å²) >= 11 is 0. The fourth-order valence-electron chi connectivity index (χ4n) is 1.46. The molecule has 0 radical (unpaired) electrons. The number of ether oxygens (including phenoxy) is 4. The molecule has 0 aromatic rings. The molecular formula is C16H28O8. The van der Waals surface area contributed by atoms with Gasteiger partial charge in [-0.1, -0.05) is 0 Å². The Morgan fingerprint density at radius 3 is 2.00 bits per heavy atom. The van der Waals surface area contributed by atoms with Gasteiger partial charge in [0.15, 0.2) is 5.79 Å². The van der Waals surface area contributed by atoms with E-state index in [0.717, 1.165) is 0 Å². The summed E-state index contributed by atoms with van der Waals surface area (Å²) < 4.78 is 19.2. The van der Waals surface area contributed by atoms with Crippen molar-refractivity contribution in [3.05, 3.63) is 0 Å². The zero-order valence-corrected chi connectivity index (χ0v) is 15.2. The molecule has 0 aromatic heterocycles. The molecule has 0 amide bonds. The second kappa shape index (κ2) is 13.6. The Kier molecular flexibility index (Phi) is 13.9. The normalized spacial score (nSPS) is 11.6. The van der Waals surface area contributed by atoms with Crippen molar-refractivity contribution in [3.8, 4) is 0 Å². The standard InChI is InChI=1S/C8H16O4.C8H12O4/c1-8(11-3,12-4)6-5-7(9)10-2;1-3-12-8(11)7(5-9)4-6(2)10/h5-6H2,1-4H3;5,7H,3-4H2,1-2H3. The van der Waals surface area contributed by atoms with Gasteiger partial charge in [0, 0.05) is 27.1 Å². The summed E-state index contributed by atoms with van der Waals surface area (Å²) in [4.78, 5) is 42.5. The Bertz CT molecular complexity index is 401. The van der Waals surface area contributed by atoms with Gasteiger partial charge < -0.3 is 23.7 Å². The van der Waals surface area contributed by atoms with E-state index in [2.05, 4.69) is 9.47 Å². The van der Waals surface area contributed by atoms with Crippen LogP contribution < -0.4 is 0 Å². The molecule has 0 fully saturated rings. The number of hydrogen-bond acceptors (Lipinski definition) is 8. The first-order chi connectivity index (χ1) is 11.2. The van der Waals surface area contributed by atoms with Crippen molar-refractivity contribution in [2.75, 3.05) is 27.9 Å². The van der Waals surface area contributed by atoms with Gasteiger partial charge in [-0.3, -0.25) is 14.4 Å². The quantitative estimate of drug-likeness (QED) is 0.252. The van der Waals surface area contributed by atoms with Gasteiger partial charge in [0.2, 0.25) is 0 Å². The third kappa shape index (κ3) is 11.7. The van der Waals surface area contributed by atoms with Crippen LogP contribution in [0.4, 0.5) is 0 Å². The fraction of sp³-hybridized carbons (Fsp3) is 0.750. The van der Waals surface area contributed by atoms with E-state index in [9.17, 15) is 19.2 Å². The summed E-state index contributed by atoms with van der Waals surface area (Å²) in [6, 6.07) is 0. The molecule has 0 aliphatic heterocycles. The van der Waals surface area contributed by atoms with Crippen LogP contribution in [-0.4, -0.2) is 57.7 Å². The van der Waals surface area contributed by atoms with Gasteiger partial charge in [-0.05, 0) is 20.8 Å². The second-order valence-corrected chi connectivity index (χ2v) is 5.02. The minimum absolute atomic E-state index is 0.0671. The first-order valence-electron chi connectivity index (χ1n) is 7.48. The highest BCUT2D eigenvalue weighted by atomic mass is 16.7. The number of ketones is 1. The van der Waals surface area contributed by atoms with E-state index in [1.54, 1.807) is 28.1 Å². The van der Waals surface area contributed by atoms with Crippen molar-refractivity contribution in [3.63, 3.8) is 0 Å². The summed E-state index contributed by atoms with van der Waals surface area (Å²) in [7, 11) is 4.45. The number of hydrogen-bond donors (Lipinski definition) is 0. The molecule has 8 heteroatoms. The smallest absolute Gasteiger partial charge is 0.316 e. The van der Waals surface area contributed by atoms with E-state index in [4.69, 9.17) is 9.47 Å². The third-order valence-electron chi connectivity index (χ3n) is 3.14. The van der Waals surface area contributed by atoms with Gasteiger partial charge in [-0.25, -0.2) is 0 Å². The van der Waals surface area contributed by atoms with Crippen molar-refractivity contribution in [2.24, 2.45) is 5.92 Å². The van der Waals surface area contributed by atoms with Gasteiger partial charge in [-0.15, -0.1) is 0 Å². The van der Waals surface area contributed by atoms with Gasteiger partial charge in [0.1, 0.15) is 18.0 Å². The number of aldehydes is 1. The van der Waals surface area contributed by atoms with Crippen LogP contribution in [0.2, 0.25) is 0 Å². The molecular weight excluding hydrogens is 320 g/mol. The van der Waals surface area contributed by atoms with Crippen LogP contribution in [0.15, 0.2) is 0 Å². The topological polar surface area (TPSA) is 105 Å². The molecule has 0 saturated carbocycles. The van der Waals surface area contributed by atoms with Crippen LogP contribution >= 0.6 is 0 Å². The minimum atomic E-state index is -0.928. The molecule has 140 valence electrons. The summed E-state index contributed by atoms with van der Waals surface area (Å²) in [5.74, 6) is -2.69. The summed E-state index contributed by atoms with van der Waals surface area (Å²) in [5, 5.41) is 0. The highest BCUT2D eigenvalue weighted by molar-refractivity contribution is 5.93. The first-order valence-corrected chi connectivity index (χ1v) is 7.48. The van der Waals surface area contributed by atoms with E-state index < -0.39 is 17.7 Å². The second-order valence-electron chi connectivity index (χ2n) is 5.02. The van der Waals surface area contributed by atoms with Crippen LogP contribution in [-0.2, 0) is 38.1 Å². The van der Waals surface area contributed by atoms with Crippen molar-refractivity contribution in [1.29, 1.82) is 0 Å². The average Bonchev–Trinajstić information content (AvgIpc) is 2.57. The molecule has 0 heterocycles. The SMILES string of the molecule is CCOC(=O)C(C=O)CC(C)=O.COC(=O)CCC(C)(OC)OC. The Hall–Kier alpha value is -1.80. The third-order valence-corrected chi connectivity index (χ3v) is 3.14. The predicted octanol–water partition coefficient (Wildman–Crippen LogP) is 1.29. The molecule has 0 N–H and O–H groups in total. The average molecular weight is 348 g/mol. The van der Waals surface area contributed by atoms with Crippen LogP contribution in [0.25, 0.3) is 0 Å². The number of Topliss-reactive ketones (excluding diaryl/α,β-unsaturated/α-hetero) is 1. The van der Waals surface area contributed by atoms with Crippen LogP contribution in [0.1, 0.15) is 40.0 Å². The maximum Gasteiger partial charge on any atom is 0.316 e. The minimum Gasteiger partial charge on any atom is -0.469 e. The van der Waals surface area contributed by atoms with E-state index in [-0.39, 0.29) is 24.8 Å². The van der Waals surface area contributed by atoms with Crippen molar-refractivity contribution < 1.29 is 38.1 Å². The lowest BCUT2D eigenvalue weighted by Gasteiger charge is -2.25. The van der Waals surface area contributed by atoms with Crippen LogP contribution in [0, 0.1) is 5.92 Å². The maximum absolute atomic E-state index is 10.9. The molecule has 0 aromatic carbocycles. The lowest BCUT2D eigenvalue weighted by Crippen LogP contribution is -2.30. The lowest BCUT2D eigenvalue weighted by atomic mass is 10.1. The predicted molar refractivity (Wildman–Crippen MR) is 85.2 cm³/mol. The van der Waals surface area contributed by atoms with Crippen molar-refractivity contribution >= 4 is 24.0 Å². The van der Waals surface area contributed by atoms with Crippen molar-refractivity contribution in [2.45, 2.75) is 45.8 Å². The molecule has 0 bridgehead atoms. The van der Waals surface area contributed by atoms with Gasteiger partial charge >= 0.3 is 11.9 Å². The van der Waals surface area contributed by atoms with Gasteiger partial charge in [0.05, 0.1) is 20.1 Å². The molecule has 0 rings (SSSR count). The Morgan fingerprint density at radius 1 is 1.12 bits per heavy atom. The summed E-state index contributed by atoms with van der Waals surface area (Å²) in [5.41, 5.74) is 0. The highest BCUT2D eigenvalue weighted by Crippen LogP contribution is 2.17. The Labute approximate surface area is 142 Å². The summed E-state index contributed by atoms with van der Waals surface area (Å²) in [6.07, 6.45) is 1.17. The molecule has 8 nitrogen and oxygen atoms in total. The van der Waals surface area contributed by atoms with E-state index in [1.807, 2.05) is 0 Å². The number of rotatable bonds is 10. The molecule has 0 aliphatic carbocycles. The van der Waals surface area contributed by atoms with Gasteiger partial charge in [-0.2, -0.15) is 0 Å². The van der Waals surface area contributed by atoms with E-state index in [0.29, 0.717) is 19.1 Å². The number of carbonyl (C=O) groups is 4. The molecule has 1 atom stereocenters. The first kappa shape index (κ1) is 24.5. The Balaban J connectivity index is 0. The number of esters is 2. The highest BCUT2D eigenvalue weighted by Gasteiger charge is 2.23. The zero-order valence-electron chi connectivity index (χ0n) is 15.2. The molecule has 0 spiro atoms. The molecule has 0 aliphatic rings. The van der Waals surface area contributed by atoms with Crippen LogP contribution in [0.3, 0.4) is 0 Å². The molecule has 0 saturated heterocycles. The van der Waals surface area contributed by atoms with Crippen LogP contribution in [0.5, 0.6) is 0 Å². The Morgan fingerprint density at radius 2 is 1.67 bits per heavy atom.